The quantitative estimate of drug-likeness (QED) is 0.783. The molecule has 0 aromatic carbocycles. The third-order valence-electron chi connectivity index (χ3n) is 2.89. The molecule has 104 valence electrons. The first-order chi connectivity index (χ1) is 8.38. The summed E-state index contributed by atoms with van der Waals surface area (Å²) in [5.74, 6) is -2.41. The highest BCUT2D eigenvalue weighted by Gasteiger charge is 2.47. The van der Waals surface area contributed by atoms with Crippen LogP contribution in [0, 0.1) is 0 Å². The van der Waals surface area contributed by atoms with Crippen LogP contribution in [-0.4, -0.2) is 42.0 Å². The topological polar surface area (TPSA) is 49.4 Å². The fourth-order valence-electron chi connectivity index (χ4n) is 1.95. The van der Waals surface area contributed by atoms with Gasteiger partial charge in [-0.25, -0.2) is 0 Å². The van der Waals surface area contributed by atoms with E-state index in [2.05, 4.69) is 5.32 Å². The predicted octanol–water partition coefficient (Wildman–Crippen LogP) is 1.46. The fraction of sp³-hybridized carbons (Fsp3) is 0.818. The first-order valence-electron chi connectivity index (χ1n) is 6.03. The molecule has 1 heterocycles. The van der Waals surface area contributed by atoms with Crippen LogP contribution in [-0.2, 0) is 9.59 Å². The summed E-state index contributed by atoms with van der Waals surface area (Å²) in [5.41, 5.74) is 0. The van der Waals surface area contributed by atoms with E-state index in [1.54, 1.807) is 0 Å². The van der Waals surface area contributed by atoms with Crippen molar-refractivity contribution in [3.8, 4) is 0 Å². The number of nitrogens with zero attached hydrogens (tertiary/aromatic N) is 1. The van der Waals surface area contributed by atoms with Gasteiger partial charge in [0.25, 0.3) is 0 Å². The zero-order valence-electron chi connectivity index (χ0n) is 10.2. The van der Waals surface area contributed by atoms with E-state index in [9.17, 15) is 22.8 Å². The molecule has 1 unspecified atom stereocenters. The second kappa shape index (κ2) is 6.06. The third-order valence-corrected chi connectivity index (χ3v) is 2.89. The van der Waals surface area contributed by atoms with Gasteiger partial charge in [-0.05, 0) is 19.3 Å². The molecule has 0 bridgehead atoms. The van der Waals surface area contributed by atoms with Gasteiger partial charge < -0.3 is 10.2 Å². The van der Waals surface area contributed by atoms with Crippen molar-refractivity contribution in [2.45, 2.75) is 44.8 Å². The van der Waals surface area contributed by atoms with E-state index < -0.39 is 24.0 Å². The van der Waals surface area contributed by atoms with Crippen molar-refractivity contribution in [2.75, 3.05) is 13.1 Å². The maximum absolute atomic E-state index is 12.3. The Balaban J connectivity index is 2.59. The van der Waals surface area contributed by atoms with Gasteiger partial charge in [0, 0.05) is 13.1 Å². The van der Waals surface area contributed by atoms with Crippen LogP contribution in [0.25, 0.3) is 0 Å². The molecule has 1 rings (SSSR count). The second-order valence-corrected chi connectivity index (χ2v) is 4.30. The van der Waals surface area contributed by atoms with Crippen LogP contribution in [0.4, 0.5) is 13.2 Å². The van der Waals surface area contributed by atoms with Crippen molar-refractivity contribution >= 4 is 11.8 Å². The van der Waals surface area contributed by atoms with Gasteiger partial charge >= 0.3 is 12.1 Å². The number of alkyl halides is 3. The second-order valence-electron chi connectivity index (χ2n) is 4.30. The molecule has 2 amide bonds. The number of hydrogen-bond acceptors (Lipinski definition) is 2. The predicted molar refractivity (Wildman–Crippen MR) is 58.7 cm³/mol. The van der Waals surface area contributed by atoms with Gasteiger partial charge in [0.2, 0.25) is 5.91 Å². The number of amides is 2. The maximum Gasteiger partial charge on any atom is 0.471 e. The Kier molecular flexibility index (Phi) is 4.98. The molecule has 1 fully saturated rings. The molecule has 1 aliphatic rings. The number of nitrogens with one attached hydrogen (secondary N) is 1. The Hall–Kier alpha value is -1.27. The van der Waals surface area contributed by atoms with Crippen molar-refractivity contribution < 1.29 is 22.8 Å². The summed E-state index contributed by atoms with van der Waals surface area (Å²) in [4.78, 5) is 23.4. The number of carbonyl (C=O) groups is 2. The van der Waals surface area contributed by atoms with Gasteiger partial charge in [0.1, 0.15) is 6.04 Å². The van der Waals surface area contributed by atoms with E-state index in [0.717, 1.165) is 12.8 Å². The highest BCUT2D eigenvalue weighted by Crippen LogP contribution is 2.25. The number of rotatable bonds is 4. The molecular weight excluding hydrogens is 249 g/mol. The fourth-order valence-corrected chi connectivity index (χ4v) is 1.95. The minimum atomic E-state index is -4.91. The van der Waals surface area contributed by atoms with Crippen molar-refractivity contribution in [1.29, 1.82) is 0 Å². The van der Waals surface area contributed by atoms with Crippen molar-refractivity contribution in [1.82, 2.24) is 10.2 Å². The Morgan fingerprint density at radius 2 is 2.06 bits per heavy atom. The number of hydrogen-bond donors (Lipinski definition) is 1. The molecular formula is C11H17F3N2O2. The zero-order chi connectivity index (χ0) is 13.8. The molecule has 7 heteroatoms. The average Bonchev–Trinajstić information content (AvgIpc) is 2.75. The number of likely N-dealkylation sites (tertiary alicyclic amines) is 1. The minimum Gasteiger partial charge on any atom is -0.354 e. The molecule has 0 aliphatic carbocycles. The van der Waals surface area contributed by atoms with Crippen LogP contribution >= 0.6 is 0 Å². The molecule has 1 N–H and O–H groups in total. The van der Waals surface area contributed by atoms with Crippen LogP contribution in [0.2, 0.25) is 0 Å². The first kappa shape index (κ1) is 14.8. The summed E-state index contributed by atoms with van der Waals surface area (Å²) < 4.78 is 37.0. The smallest absolute Gasteiger partial charge is 0.354 e. The summed E-state index contributed by atoms with van der Waals surface area (Å²) in [6, 6.07) is -0.976. The molecule has 18 heavy (non-hydrogen) atoms. The summed E-state index contributed by atoms with van der Waals surface area (Å²) in [5, 5.41) is 2.56. The maximum atomic E-state index is 12.3. The largest absolute Gasteiger partial charge is 0.471 e. The number of halogens is 3. The average molecular weight is 266 g/mol. The monoisotopic (exact) mass is 266 g/mol. The van der Waals surface area contributed by atoms with E-state index in [4.69, 9.17) is 0 Å². The Morgan fingerprint density at radius 3 is 2.61 bits per heavy atom. The van der Waals surface area contributed by atoms with Gasteiger partial charge in [-0.3, -0.25) is 9.59 Å². The van der Waals surface area contributed by atoms with Crippen LogP contribution in [0.1, 0.15) is 32.6 Å². The van der Waals surface area contributed by atoms with E-state index >= 15 is 0 Å². The van der Waals surface area contributed by atoms with Gasteiger partial charge in [-0.15, -0.1) is 0 Å². The molecule has 0 aromatic heterocycles. The summed E-state index contributed by atoms with van der Waals surface area (Å²) >= 11 is 0. The lowest BCUT2D eigenvalue weighted by atomic mass is 10.2. The summed E-state index contributed by atoms with van der Waals surface area (Å²) in [7, 11) is 0. The van der Waals surface area contributed by atoms with Crippen LogP contribution in [0.5, 0.6) is 0 Å². The molecule has 0 radical (unpaired) electrons. The van der Waals surface area contributed by atoms with E-state index in [-0.39, 0.29) is 6.54 Å². The van der Waals surface area contributed by atoms with Crippen LogP contribution < -0.4 is 5.32 Å². The number of carbonyl (C=O) groups excluding carboxylic acids is 2. The van der Waals surface area contributed by atoms with Crippen LogP contribution in [0.3, 0.4) is 0 Å². The summed E-state index contributed by atoms with van der Waals surface area (Å²) in [6.07, 6.45) is -2.54. The van der Waals surface area contributed by atoms with Crippen molar-refractivity contribution in [2.24, 2.45) is 0 Å². The highest BCUT2D eigenvalue weighted by atomic mass is 19.4. The molecule has 0 spiro atoms. The summed E-state index contributed by atoms with van der Waals surface area (Å²) in [6.45, 7) is 2.37. The third kappa shape index (κ3) is 3.61. The molecule has 1 aliphatic heterocycles. The van der Waals surface area contributed by atoms with Gasteiger partial charge in [0.05, 0.1) is 0 Å². The number of unbranched alkanes of at least 4 members (excludes halogenated alkanes) is 1. The minimum absolute atomic E-state index is 0.00971. The van der Waals surface area contributed by atoms with E-state index in [1.807, 2.05) is 6.92 Å². The first-order valence-corrected chi connectivity index (χ1v) is 6.03. The molecule has 1 saturated heterocycles. The highest BCUT2D eigenvalue weighted by molar-refractivity contribution is 5.90. The van der Waals surface area contributed by atoms with E-state index in [1.165, 1.54) is 0 Å². The SMILES string of the molecule is CCCCNC(=O)C1CCCN1C(=O)C(F)(F)F. The van der Waals surface area contributed by atoms with Gasteiger partial charge in [-0.1, -0.05) is 13.3 Å². The lowest BCUT2D eigenvalue weighted by molar-refractivity contribution is -0.186. The molecule has 1 atom stereocenters. The van der Waals surface area contributed by atoms with Crippen molar-refractivity contribution in [3.63, 3.8) is 0 Å². The Bertz CT molecular complexity index is 318. The Labute approximate surface area is 104 Å². The molecule has 4 nitrogen and oxygen atoms in total. The lowest BCUT2D eigenvalue weighted by Gasteiger charge is -2.24. The van der Waals surface area contributed by atoms with Gasteiger partial charge in [-0.2, -0.15) is 13.2 Å². The molecule has 0 aromatic rings. The standard InChI is InChI=1S/C11H17F3N2O2/c1-2-3-6-15-9(17)8-5-4-7-16(8)10(18)11(12,13)14/h8H,2-7H2,1H3,(H,15,17). The molecule has 0 saturated carbocycles. The Morgan fingerprint density at radius 1 is 1.39 bits per heavy atom. The van der Waals surface area contributed by atoms with Crippen molar-refractivity contribution in [3.05, 3.63) is 0 Å². The van der Waals surface area contributed by atoms with Crippen LogP contribution in [0.15, 0.2) is 0 Å². The van der Waals surface area contributed by atoms with Gasteiger partial charge in [0.15, 0.2) is 0 Å². The zero-order valence-corrected chi connectivity index (χ0v) is 10.2. The normalized spacial score (nSPS) is 20.0. The lowest BCUT2D eigenvalue weighted by Crippen LogP contribution is -2.50. The van der Waals surface area contributed by atoms with E-state index in [0.29, 0.717) is 24.3 Å².